The molecular formula is C17H18N4. The van der Waals surface area contributed by atoms with Gasteiger partial charge >= 0.3 is 0 Å². The molecule has 106 valence electrons. The summed E-state index contributed by atoms with van der Waals surface area (Å²) in [4.78, 5) is 0. The van der Waals surface area contributed by atoms with Crippen LogP contribution in [-0.2, 0) is 6.54 Å². The summed E-state index contributed by atoms with van der Waals surface area (Å²) in [7, 11) is 0. The lowest BCUT2D eigenvalue weighted by Crippen LogP contribution is -2.17. The van der Waals surface area contributed by atoms with Crippen LogP contribution in [-0.4, -0.2) is 14.3 Å². The minimum absolute atomic E-state index is 0.330. The summed E-state index contributed by atoms with van der Waals surface area (Å²) in [5, 5.41) is 8.34. The Morgan fingerprint density at radius 2 is 1.95 bits per heavy atom. The van der Waals surface area contributed by atoms with E-state index >= 15 is 0 Å². The van der Waals surface area contributed by atoms with Gasteiger partial charge in [0.25, 0.3) is 0 Å². The van der Waals surface area contributed by atoms with Gasteiger partial charge in [-0.05, 0) is 38.1 Å². The Morgan fingerprint density at radius 1 is 1.14 bits per heavy atom. The standard InChI is InChI=1S/C17H18N4/c1-12-15-11-18-13(2)16-9-6-10-20(16)17(15)21(19-12)14-7-4-3-5-8-14/h3-10,13,18H,11H2,1-2H3. The number of aryl methyl sites for hydroxylation is 1. The minimum Gasteiger partial charge on any atom is -0.305 e. The Labute approximate surface area is 124 Å². The number of nitrogens with zero attached hydrogens (tertiary/aromatic N) is 3. The highest BCUT2D eigenvalue weighted by Gasteiger charge is 2.24. The van der Waals surface area contributed by atoms with Gasteiger partial charge in [0.15, 0.2) is 0 Å². The number of para-hydroxylation sites is 1. The van der Waals surface area contributed by atoms with E-state index in [0.717, 1.165) is 23.7 Å². The fourth-order valence-corrected chi connectivity index (χ4v) is 3.05. The molecule has 4 nitrogen and oxygen atoms in total. The SMILES string of the molecule is Cc1nn(-c2ccccc2)c2c1CNC(C)c1cccn1-2. The van der Waals surface area contributed by atoms with Crippen LogP contribution in [0.2, 0.25) is 0 Å². The average molecular weight is 278 g/mol. The third-order valence-corrected chi connectivity index (χ3v) is 4.20. The van der Waals surface area contributed by atoms with E-state index in [4.69, 9.17) is 5.10 Å². The molecule has 3 heterocycles. The minimum atomic E-state index is 0.330. The molecule has 3 aromatic rings. The molecule has 1 aromatic carbocycles. The van der Waals surface area contributed by atoms with Crippen molar-refractivity contribution in [3.63, 3.8) is 0 Å². The Morgan fingerprint density at radius 3 is 2.76 bits per heavy atom. The first kappa shape index (κ1) is 12.4. The molecule has 2 aromatic heterocycles. The van der Waals surface area contributed by atoms with Crippen LogP contribution in [0.25, 0.3) is 11.5 Å². The van der Waals surface area contributed by atoms with Gasteiger partial charge in [0.05, 0.1) is 11.4 Å². The topological polar surface area (TPSA) is 34.8 Å². The summed E-state index contributed by atoms with van der Waals surface area (Å²) in [5.74, 6) is 1.15. The number of aromatic nitrogens is 3. The zero-order valence-corrected chi connectivity index (χ0v) is 12.2. The molecule has 1 unspecified atom stereocenters. The molecule has 0 spiro atoms. The molecule has 21 heavy (non-hydrogen) atoms. The van der Waals surface area contributed by atoms with Crippen molar-refractivity contribution >= 4 is 0 Å². The molecule has 0 saturated carbocycles. The molecule has 0 bridgehead atoms. The number of hydrogen-bond acceptors (Lipinski definition) is 2. The second-order valence-corrected chi connectivity index (χ2v) is 5.54. The van der Waals surface area contributed by atoms with Gasteiger partial charge < -0.3 is 9.88 Å². The Kier molecular flexibility index (Phi) is 2.72. The first-order chi connectivity index (χ1) is 10.3. The fourth-order valence-electron chi connectivity index (χ4n) is 3.05. The Hall–Kier alpha value is -2.33. The van der Waals surface area contributed by atoms with Crippen molar-refractivity contribution in [2.24, 2.45) is 0 Å². The quantitative estimate of drug-likeness (QED) is 0.742. The molecule has 0 amide bonds. The van der Waals surface area contributed by atoms with E-state index in [1.165, 1.54) is 11.3 Å². The lowest BCUT2D eigenvalue weighted by molar-refractivity contribution is 0.566. The van der Waals surface area contributed by atoms with Gasteiger partial charge in [0.1, 0.15) is 5.82 Å². The third-order valence-electron chi connectivity index (χ3n) is 4.20. The van der Waals surface area contributed by atoms with Crippen LogP contribution in [0.5, 0.6) is 0 Å². The number of rotatable bonds is 1. The summed E-state index contributed by atoms with van der Waals surface area (Å²) < 4.78 is 4.31. The number of benzene rings is 1. The molecule has 1 aliphatic rings. The third kappa shape index (κ3) is 1.83. The van der Waals surface area contributed by atoms with Crippen LogP contribution in [0.3, 0.4) is 0 Å². The first-order valence-corrected chi connectivity index (χ1v) is 7.30. The molecule has 1 aliphatic heterocycles. The molecule has 0 aliphatic carbocycles. The largest absolute Gasteiger partial charge is 0.305 e. The van der Waals surface area contributed by atoms with Crippen molar-refractivity contribution in [3.8, 4) is 11.5 Å². The van der Waals surface area contributed by atoms with Gasteiger partial charge in [0, 0.05) is 30.0 Å². The highest BCUT2D eigenvalue weighted by atomic mass is 15.4. The van der Waals surface area contributed by atoms with Crippen LogP contribution in [0, 0.1) is 6.92 Å². The lowest BCUT2D eigenvalue weighted by Gasteiger charge is -2.13. The molecule has 0 saturated heterocycles. The maximum atomic E-state index is 4.76. The highest BCUT2D eigenvalue weighted by Crippen LogP contribution is 2.29. The van der Waals surface area contributed by atoms with Crippen molar-refractivity contribution in [1.82, 2.24) is 19.7 Å². The summed E-state index contributed by atoms with van der Waals surface area (Å²) in [5.41, 5.74) is 4.71. The molecule has 4 rings (SSSR count). The number of fused-ring (bicyclic) bond motifs is 3. The highest BCUT2D eigenvalue weighted by molar-refractivity contribution is 5.48. The maximum Gasteiger partial charge on any atom is 0.145 e. The van der Waals surface area contributed by atoms with E-state index in [9.17, 15) is 0 Å². The van der Waals surface area contributed by atoms with Crippen LogP contribution >= 0.6 is 0 Å². The summed E-state index contributed by atoms with van der Waals surface area (Å²) in [6.07, 6.45) is 2.12. The molecule has 0 radical (unpaired) electrons. The maximum absolute atomic E-state index is 4.76. The van der Waals surface area contributed by atoms with E-state index < -0.39 is 0 Å². The zero-order chi connectivity index (χ0) is 14.4. The monoisotopic (exact) mass is 278 g/mol. The van der Waals surface area contributed by atoms with Crippen molar-refractivity contribution < 1.29 is 0 Å². The van der Waals surface area contributed by atoms with Crippen molar-refractivity contribution in [1.29, 1.82) is 0 Å². The molecule has 4 heteroatoms. The van der Waals surface area contributed by atoms with Gasteiger partial charge in [-0.15, -0.1) is 0 Å². The normalized spacial score (nSPS) is 17.1. The fraction of sp³-hybridized carbons (Fsp3) is 0.235. The van der Waals surface area contributed by atoms with Crippen LogP contribution in [0.4, 0.5) is 0 Å². The second kappa shape index (κ2) is 4.60. The van der Waals surface area contributed by atoms with E-state index in [0.29, 0.717) is 6.04 Å². The summed E-state index contributed by atoms with van der Waals surface area (Å²) in [6, 6.07) is 14.9. The number of hydrogen-bond donors (Lipinski definition) is 1. The van der Waals surface area contributed by atoms with Gasteiger partial charge in [-0.25, -0.2) is 4.68 Å². The number of nitrogens with one attached hydrogen (secondary N) is 1. The average Bonchev–Trinajstić information content (AvgIpc) is 3.07. The van der Waals surface area contributed by atoms with E-state index in [-0.39, 0.29) is 0 Å². The van der Waals surface area contributed by atoms with E-state index in [1.54, 1.807) is 0 Å². The summed E-state index contributed by atoms with van der Waals surface area (Å²) in [6.45, 7) is 5.13. The zero-order valence-electron chi connectivity index (χ0n) is 12.2. The molecule has 1 atom stereocenters. The van der Waals surface area contributed by atoms with Gasteiger partial charge in [-0.2, -0.15) is 5.10 Å². The lowest BCUT2D eigenvalue weighted by atomic mass is 10.2. The Bertz CT molecular complexity index is 782. The first-order valence-electron chi connectivity index (χ1n) is 7.30. The van der Waals surface area contributed by atoms with Gasteiger partial charge in [-0.1, -0.05) is 18.2 Å². The van der Waals surface area contributed by atoms with Crippen molar-refractivity contribution in [2.75, 3.05) is 0 Å². The molecular weight excluding hydrogens is 260 g/mol. The summed E-state index contributed by atoms with van der Waals surface area (Å²) >= 11 is 0. The van der Waals surface area contributed by atoms with E-state index in [2.05, 4.69) is 54.2 Å². The molecule has 0 fully saturated rings. The van der Waals surface area contributed by atoms with Crippen molar-refractivity contribution in [3.05, 3.63) is 65.6 Å². The second-order valence-electron chi connectivity index (χ2n) is 5.54. The van der Waals surface area contributed by atoms with Gasteiger partial charge in [-0.3, -0.25) is 0 Å². The predicted octanol–water partition coefficient (Wildman–Crippen LogP) is 3.14. The van der Waals surface area contributed by atoms with Crippen molar-refractivity contribution in [2.45, 2.75) is 26.4 Å². The van der Waals surface area contributed by atoms with Crippen LogP contribution in [0.1, 0.15) is 29.9 Å². The van der Waals surface area contributed by atoms with Gasteiger partial charge in [0.2, 0.25) is 0 Å². The van der Waals surface area contributed by atoms with E-state index in [1.807, 2.05) is 22.9 Å². The smallest absolute Gasteiger partial charge is 0.145 e. The Balaban J connectivity index is 2.01. The van der Waals surface area contributed by atoms with Crippen LogP contribution in [0.15, 0.2) is 48.7 Å². The molecule has 1 N–H and O–H groups in total. The van der Waals surface area contributed by atoms with Crippen LogP contribution < -0.4 is 5.32 Å². The predicted molar refractivity (Wildman–Crippen MR) is 82.9 cm³/mol.